The largest absolute Gasteiger partial charge is 0.289 e. The van der Waals surface area contributed by atoms with E-state index >= 15 is 0 Å². The summed E-state index contributed by atoms with van der Waals surface area (Å²) in [6.07, 6.45) is 9.58. The minimum absolute atomic E-state index is 0.185. The van der Waals surface area contributed by atoms with E-state index in [-0.39, 0.29) is 21.4 Å². The first-order chi connectivity index (χ1) is 21.9. The lowest BCUT2D eigenvalue weighted by molar-refractivity contribution is 0.103. The van der Waals surface area contributed by atoms with Crippen LogP contribution in [0.3, 0.4) is 0 Å². The summed E-state index contributed by atoms with van der Waals surface area (Å²) in [7, 11) is -7.17. The quantitative estimate of drug-likeness (QED) is 0.186. The average Bonchev–Trinajstić information content (AvgIpc) is 3.07. The standard InChI is InChI=1S/C36H40N2O6S2/c1-27-18-22-37(23-19-27)45(41,42)33-12-8-31(9-13-33)35(39)16-6-29-4-3-5-30(26-29)7-17-36(40)32-10-14-34(15-11-32)46(43,44)38-24-20-28(2)21-25-38/h3-17,26-28H,18-25H2,1-2H3. The Hall–Kier alpha value is -3.70. The predicted molar refractivity (Wildman–Crippen MR) is 180 cm³/mol. The number of allylic oxidation sites excluding steroid dienone is 2. The summed E-state index contributed by atoms with van der Waals surface area (Å²) in [5.74, 6) is 0.520. The molecule has 2 saturated heterocycles. The second-order valence-corrected chi connectivity index (χ2v) is 16.2. The maximum atomic E-state index is 13.0. The van der Waals surface area contributed by atoms with E-state index in [0.29, 0.717) is 49.1 Å². The molecule has 0 unspecified atom stereocenters. The van der Waals surface area contributed by atoms with Crippen LogP contribution in [0.1, 0.15) is 71.4 Å². The number of hydrogen-bond donors (Lipinski definition) is 0. The van der Waals surface area contributed by atoms with Crippen molar-refractivity contribution in [1.29, 1.82) is 0 Å². The van der Waals surface area contributed by atoms with E-state index in [0.717, 1.165) is 36.8 Å². The molecule has 0 saturated carbocycles. The molecule has 0 spiro atoms. The molecule has 10 heteroatoms. The summed E-state index contributed by atoms with van der Waals surface area (Å²) in [6.45, 7) is 6.28. The van der Waals surface area contributed by atoms with Crippen LogP contribution in [0.4, 0.5) is 0 Å². The van der Waals surface area contributed by atoms with Gasteiger partial charge in [-0.2, -0.15) is 8.61 Å². The summed E-state index contributed by atoms with van der Waals surface area (Å²) in [5, 5.41) is 0. The van der Waals surface area contributed by atoms with Crippen LogP contribution < -0.4 is 0 Å². The number of piperidine rings is 2. The lowest BCUT2D eigenvalue weighted by Crippen LogP contribution is -2.37. The molecule has 2 aliphatic rings. The molecule has 8 nitrogen and oxygen atoms in total. The third-order valence-electron chi connectivity index (χ3n) is 8.80. The zero-order chi connectivity index (χ0) is 32.9. The summed E-state index contributed by atoms with van der Waals surface area (Å²) in [5.41, 5.74) is 2.27. The molecule has 3 aromatic rings. The van der Waals surface area contributed by atoms with Crippen LogP contribution in [0.25, 0.3) is 12.2 Å². The van der Waals surface area contributed by atoms with Gasteiger partial charge in [0.1, 0.15) is 0 Å². The minimum Gasteiger partial charge on any atom is -0.289 e. The first kappa shape index (κ1) is 33.7. The molecule has 0 bridgehead atoms. The minimum atomic E-state index is -3.58. The van der Waals surface area contributed by atoms with E-state index in [1.165, 1.54) is 69.3 Å². The number of nitrogens with zero attached hydrogens (tertiary/aromatic N) is 2. The Morgan fingerprint density at radius 2 is 0.935 bits per heavy atom. The van der Waals surface area contributed by atoms with Crippen LogP contribution in [0.2, 0.25) is 0 Å². The number of sulfonamides is 2. The first-order valence-corrected chi connectivity index (χ1v) is 18.6. The Kier molecular flexibility index (Phi) is 10.5. The fourth-order valence-electron chi connectivity index (χ4n) is 5.63. The topological polar surface area (TPSA) is 109 Å². The van der Waals surface area contributed by atoms with Gasteiger partial charge in [-0.3, -0.25) is 9.59 Å². The molecule has 242 valence electrons. The molecule has 0 amide bonds. The zero-order valence-corrected chi connectivity index (χ0v) is 27.8. The maximum absolute atomic E-state index is 13.0. The normalized spacial score (nSPS) is 18.0. The molecule has 2 aliphatic heterocycles. The van der Waals surface area contributed by atoms with Gasteiger partial charge in [0.15, 0.2) is 11.6 Å². The summed E-state index contributed by atoms with van der Waals surface area (Å²) < 4.78 is 55.0. The van der Waals surface area contributed by atoms with Gasteiger partial charge in [0, 0.05) is 37.3 Å². The van der Waals surface area contributed by atoms with Crippen molar-refractivity contribution in [2.45, 2.75) is 49.3 Å². The fourth-order valence-corrected chi connectivity index (χ4v) is 8.57. The molecule has 46 heavy (non-hydrogen) atoms. The van der Waals surface area contributed by atoms with Gasteiger partial charge in [0.05, 0.1) is 9.79 Å². The fraction of sp³-hybridized carbons (Fsp3) is 0.333. The molecule has 3 aromatic carbocycles. The molecule has 0 aliphatic carbocycles. The smallest absolute Gasteiger partial charge is 0.243 e. The molecule has 2 fully saturated rings. The molecular weight excluding hydrogens is 621 g/mol. The monoisotopic (exact) mass is 660 g/mol. The van der Waals surface area contributed by atoms with Crippen molar-refractivity contribution in [3.63, 3.8) is 0 Å². The molecule has 0 aromatic heterocycles. The molecule has 2 heterocycles. The third-order valence-corrected chi connectivity index (χ3v) is 12.6. The van der Waals surface area contributed by atoms with Crippen molar-refractivity contribution in [1.82, 2.24) is 8.61 Å². The van der Waals surface area contributed by atoms with Crippen LogP contribution in [0.5, 0.6) is 0 Å². The van der Waals surface area contributed by atoms with Crippen LogP contribution >= 0.6 is 0 Å². The Bertz CT molecular complexity index is 1700. The Balaban J connectivity index is 1.19. The van der Waals surface area contributed by atoms with Gasteiger partial charge in [-0.25, -0.2) is 16.8 Å². The van der Waals surface area contributed by atoms with Gasteiger partial charge >= 0.3 is 0 Å². The van der Waals surface area contributed by atoms with Crippen molar-refractivity contribution >= 4 is 43.8 Å². The Labute approximate surface area is 272 Å². The number of carbonyl (C=O) groups is 2. The average molecular weight is 661 g/mol. The van der Waals surface area contributed by atoms with Gasteiger partial charge in [0.2, 0.25) is 20.0 Å². The van der Waals surface area contributed by atoms with Crippen LogP contribution in [-0.2, 0) is 20.0 Å². The van der Waals surface area contributed by atoms with E-state index in [2.05, 4.69) is 13.8 Å². The first-order valence-electron chi connectivity index (χ1n) is 15.7. The number of benzene rings is 3. The summed E-state index contributed by atoms with van der Waals surface area (Å²) >= 11 is 0. The van der Waals surface area contributed by atoms with E-state index in [1.54, 1.807) is 12.2 Å². The number of ketones is 2. The number of carbonyl (C=O) groups excluding carboxylic acids is 2. The van der Waals surface area contributed by atoms with Crippen molar-refractivity contribution in [3.8, 4) is 0 Å². The molecule has 0 radical (unpaired) electrons. The summed E-state index contributed by atoms with van der Waals surface area (Å²) in [4.78, 5) is 26.0. The maximum Gasteiger partial charge on any atom is 0.243 e. The highest BCUT2D eigenvalue weighted by molar-refractivity contribution is 7.89. The van der Waals surface area contributed by atoms with E-state index in [4.69, 9.17) is 0 Å². The van der Waals surface area contributed by atoms with Crippen LogP contribution in [0.15, 0.2) is 94.7 Å². The zero-order valence-electron chi connectivity index (χ0n) is 26.2. The van der Waals surface area contributed by atoms with E-state index in [1.807, 2.05) is 24.3 Å². The van der Waals surface area contributed by atoms with Crippen LogP contribution in [0, 0.1) is 11.8 Å². The van der Waals surface area contributed by atoms with Gasteiger partial charge in [0.25, 0.3) is 0 Å². The molecule has 0 N–H and O–H groups in total. The number of hydrogen-bond acceptors (Lipinski definition) is 6. The third kappa shape index (κ3) is 7.98. The van der Waals surface area contributed by atoms with Crippen molar-refractivity contribution in [2.24, 2.45) is 11.8 Å². The SMILES string of the molecule is CC1CCN(S(=O)(=O)c2ccc(C(=O)C=Cc3cccc(C=CC(=O)c4ccc(S(=O)(=O)N5CCC(C)CC5)cc4)c3)cc2)CC1. The van der Waals surface area contributed by atoms with Crippen molar-refractivity contribution in [2.75, 3.05) is 26.2 Å². The Morgan fingerprint density at radius 3 is 1.28 bits per heavy atom. The lowest BCUT2D eigenvalue weighted by Gasteiger charge is -2.29. The van der Waals surface area contributed by atoms with Gasteiger partial charge < -0.3 is 0 Å². The second kappa shape index (κ2) is 14.4. The Morgan fingerprint density at radius 1 is 0.587 bits per heavy atom. The number of rotatable bonds is 10. The summed E-state index contributed by atoms with van der Waals surface area (Å²) in [6, 6.07) is 19.4. The molecular formula is C36H40N2O6S2. The second-order valence-electron chi connectivity index (χ2n) is 12.3. The highest BCUT2D eigenvalue weighted by atomic mass is 32.2. The van der Waals surface area contributed by atoms with E-state index < -0.39 is 20.0 Å². The lowest BCUT2D eigenvalue weighted by atomic mass is 10.0. The highest BCUT2D eigenvalue weighted by Gasteiger charge is 2.29. The van der Waals surface area contributed by atoms with Gasteiger partial charge in [-0.1, -0.05) is 44.2 Å². The van der Waals surface area contributed by atoms with Gasteiger partial charge in [-0.15, -0.1) is 0 Å². The van der Waals surface area contributed by atoms with Gasteiger partial charge in [-0.05, 0) is 115 Å². The highest BCUT2D eigenvalue weighted by Crippen LogP contribution is 2.25. The van der Waals surface area contributed by atoms with Crippen molar-refractivity contribution in [3.05, 3.63) is 107 Å². The predicted octanol–water partition coefficient (Wildman–Crippen LogP) is 6.32. The van der Waals surface area contributed by atoms with E-state index in [9.17, 15) is 26.4 Å². The van der Waals surface area contributed by atoms with Crippen LogP contribution in [-0.4, -0.2) is 63.2 Å². The van der Waals surface area contributed by atoms with Crippen molar-refractivity contribution < 1.29 is 26.4 Å². The molecule has 0 atom stereocenters. The molecule has 5 rings (SSSR count).